The Morgan fingerprint density at radius 1 is 1.17 bits per heavy atom. The molecule has 2 bridgehead atoms. The molecule has 188 valence electrons. The molecule has 7 aliphatic rings. The first-order valence-electron chi connectivity index (χ1n) is 13.0. The van der Waals surface area contributed by atoms with Crippen LogP contribution in [0.1, 0.15) is 59.4 Å². The van der Waals surface area contributed by atoms with Crippen molar-refractivity contribution in [3.8, 4) is 11.5 Å². The zero-order chi connectivity index (χ0) is 24.8. The smallest absolute Gasteiger partial charge is 0.246 e. The van der Waals surface area contributed by atoms with E-state index in [1.54, 1.807) is 6.26 Å². The van der Waals surface area contributed by atoms with Gasteiger partial charge in [-0.3, -0.25) is 9.69 Å². The summed E-state index contributed by atoms with van der Waals surface area (Å²) in [5, 5.41) is 15.2. The predicted octanol–water partition coefficient (Wildman–Crippen LogP) is 3.27. The number of rotatable bonds is 0. The molecule has 0 radical (unpaired) electrons. The lowest BCUT2D eigenvalue weighted by Crippen LogP contribution is -2.82. The zero-order valence-corrected chi connectivity index (χ0v) is 21.7. The van der Waals surface area contributed by atoms with Gasteiger partial charge < -0.3 is 24.8 Å². The van der Waals surface area contributed by atoms with Crippen molar-refractivity contribution in [3.05, 3.63) is 30.0 Å². The fraction of sp³-hybridized carbons (Fsp3) is 0.679. The van der Waals surface area contributed by atoms with Gasteiger partial charge in [-0.15, -0.1) is 0 Å². The maximum atomic E-state index is 14.0. The lowest BCUT2D eigenvalue weighted by Gasteiger charge is -2.65. The number of carbonyl (C=O) groups excluding carboxylic acids is 1. The summed E-state index contributed by atoms with van der Waals surface area (Å²) in [4.78, 5) is 18.3. The monoisotopic (exact) mass is 479 g/mol. The van der Waals surface area contributed by atoms with Crippen molar-refractivity contribution in [2.45, 2.75) is 81.6 Å². The predicted molar refractivity (Wildman–Crippen MR) is 133 cm³/mol. The Kier molecular flexibility index (Phi) is 3.77. The molecule has 1 saturated carbocycles. The maximum Gasteiger partial charge on any atom is 0.246 e. The van der Waals surface area contributed by atoms with E-state index in [1.807, 2.05) is 38.8 Å². The normalized spacial score (nSPS) is 43.7. The lowest BCUT2D eigenvalue weighted by atomic mass is 9.55. The average Bonchev–Trinajstić information content (AvgIpc) is 3.29. The van der Waals surface area contributed by atoms with Crippen LogP contribution in [0.25, 0.3) is 0 Å². The van der Waals surface area contributed by atoms with Crippen LogP contribution in [0.2, 0.25) is 0 Å². The Morgan fingerprint density at radius 2 is 1.94 bits per heavy atom. The van der Waals surface area contributed by atoms with Gasteiger partial charge in [0.1, 0.15) is 11.1 Å². The van der Waals surface area contributed by atoms with E-state index < -0.39 is 16.7 Å². The number of piperazine rings is 1. The van der Waals surface area contributed by atoms with Crippen LogP contribution >= 0.6 is 0 Å². The molecular weight excluding hydrogens is 442 g/mol. The molecule has 4 saturated heterocycles. The zero-order valence-electron chi connectivity index (χ0n) is 21.7. The molecule has 5 fully saturated rings. The van der Waals surface area contributed by atoms with Crippen LogP contribution < -0.4 is 14.8 Å². The van der Waals surface area contributed by atoms with Crippen molar-refractivity contribution in [1.29, 1.82) is 0 Å². The van der Waals surface area contributed by atoms with Crippen LogP contribution in [0.15, 0.2) is 24.5 Å². The van der Waals surface area contributed by atoms with E-state index in [0.717, 1.165) is 43.2 Å². The molecule has 8 rings (SSSR count). The Bertz CT molecular complexity index is 1200. The molecule has 1 aliphatic carbocycles. The third-order valence-electron chi connectivity index (χ3n) is 11.2. The Balaban J connectivity index is 1.38. The number of nitrogens with one attached hydrogen (secondary N) is 1. The van der Waals surface area contributed by atoms with Crippen molar-refractivity contribution in [2.24, 2.45) is 11.3 Å². The van der Waals surface area contributed by atoms with Gasteiger partial charge in [0, 0.05) is 32.1 Å². The second-order valence-corrected chi connectivity index (χ2v) is 13.3. The third-order valence-corrected chi connectivity index (χ3v) is 11.2. The van der Waals surface area contributed by atoms with E-state index in [1.165, 1.54) is 5.56 Å². The summed E-state index contributed by atoms with van der Waals surface area (Å²) in [7, 11) is 1.99. The molecule has 35 heavy (non-hydrogen) atoms. The largest absolute Gasteiger partial charge is 0.480 e. The fourth-order valence-electron chi connectivity index (χ4n) is 9.15. The van der Waals surface area contributed by atoms with E-state index in [-0.39, 0.29) is 28.2 Å². The van der Waals surface area contributed by atoms with Gasteiger partial charge in [0.15, 0.2) is 11.5 Å². The van der Waals surface area contributed by atoms with Crippen molar-refractivity contribution in [1.82, 2.24) is 9.80 Å². The van der Waals surface area contributed by atoms with Crippen LogP contribution in [0, 0.1) is 11.3 Å². The van der Waals surface area contributed by atoms with Crippen molar-refractivity contribution >= 4 is 11.6 Å². The summed E-state index contributed by atoms with van der Waals surface area (Å²) in [5.74, 6) is 1.88. The van der Waals surface area contributed by atoms with Gasteiger partial charge in [-0.1, -0.05) is 19.9 Å². The molecule has 5 atom stereocenters. The Labute approximate surface area is 207 Å². The Hall–Kier alpha value is -2.25. The van der Waals surface area contributed by atoms with Crippen molar-refractivity contribution in [3.63, 3.8) is 0 Å². The summed E-state index contributed by atoms with van der Waals surface area (Å²) >= 11 is 0. The SMILES string of the molecule is CN1C(=O)[C@@]23C[C@H]4C(C)(C)[C@]5(CNc6c5ccc5c6OC=CC(C)(C)O5)C[C@@]41CN2CC[C@]3(C)O. The van der Waals surface area contributed by atoms with Crippen LogP contribution in [-0.2, 0) is 10.2 Å². The minimum absolute atomic E-state index is 0.104. The van der Waals surface area contributed by atoms with Gasteiger partial charge in [-0.2, -0.15) is 0 Å². The molecule has 1 amide bonds. The van der Waals surface area contributed by atoms with E-state index in [2.05, 4.69) is 36.2 Å². The maximum absolute atomic E-state index is 14.0. The van der Waals surface area contributed by atoms with Crippen molar-refractivity contribution in [2.75, 3.05) is 32.0 Å². The number of fused-ring (bicyclic) bond motifs is 5. The molecular formula is C28H37N3O4. The molecule has 7 nitrogen and oxygen atoms in total. The summed E-state index contributed by atoms with van der Waals surface area (Å²) < 4.78 is 12.4. The average molecular weight is 480 g/mol. The van der Waals surface area contributed by atoms with Gasteiger partial charge >= 0.3 is 0 Å². The third kappa shape index (κ3) is 2.21. The molecule has 2 N–H and O–H groups in total. The first-order chi connectivity index (χ1) is 16.3. The number of hydrogen-bond acceptors (Lipinski definition) is 6. The quantitative estimate of drug-likeness (QED) is 0.595. The number of anilines is 1. The lowest BCUT2D eigenvalue weighted by molar-refractivity contribution is -0.206. The molecule has 7 heteroatoms. The molecule has 1 aromatic rings. The van der Waals surface area contributed by atoms with Gasteiger partial charge in [-0.05, 0) is 69.1 Å². The van der Waals surface area contributed by atoms with Gasteiger partial charge in [0.25, 0.3) is 0 Å². The van der Waals surface area contributed by atoms with Crippen LogP contribution in [0.3, 0.4) is 0 Å². The van der Waals surface area contributed by atoms with E-state index in [4.69, 9.17) is 9.47 Å². The second-order valence-electron chi connectivity index (χ2n) is 13.3. The minimum atomic E-state index is -1.01. The topological polar surface area (TPSA) is 74.3 Å². The highest BCUT2D eigenvalue weighted by Gasteiger charge is 2.80. The highest BCUT2D eigenvalue weighted by Crippen LogP contribution is 2.72. The number of likely N-dealkylation sites (N-methyl/N-ethyl adjacent to an activating group) is 1. The summed E-state index contributed by atoms with van der Waals surface area (Å²) in [6.07, 6.45) is 5.94. The standard InChI is InChI=1S/C28H37N3O4/c1-23(2)10-12-34-21-18(35-23)8-7-17-20(21)29-15-26(17)14-27-16-31-11-9-25(5,33)28(31,22(32)30(27)6)13-19(27)24(26,3)4/h7-8,10,12,19,29,33H,9,11,13-16H2,1-6H3/t19-,25-,26-,27+,28+/m0/s1. The number of nitrogens with zero attached hydrogens (tertiary/aromatic N) is 2. The molecule has 6 heterocycles. The number of benzene rings is 1. The van der Waals surface area contributed by atoms with E-state index >= 15 is 0 Å². The van der Waals surface area contributed by atoms with E-state index in [9.17, 15) is 9.90 Å². The number of aliphatic hydroxyl groups is 1. The van der Waals surface area contributed by atoms with Crippen LogP contribution in [-0.4, -0.2) is 69.8 Å². The van der Waals surface area contributed by atoms with Crippen LogP contribution in [0.5, 0.6) is 11.5 Å². The number of carbonyl (C=O) groups is 1. The Morgan fingerprint density at radius 3 is 2.71 bits per heavy atom. The van der Waals surface area contributed by atoms with Gasteiger partial charge in [-0.25, -0.2) is 0 Å². The van der Waals surface area contributed by atoms with Gasteiger partial charge in [0.2, 0.25) is 5.91 Å². The highest BCUT2D eigenvalue weighted by atomic mass is 16.5. The first kappa shape index (κ1) is 22.0. The number of piperidine rings is 2. The molecule has 1 aromatic carbocycles. The summed E-state index contributed by atoms with van der Waals surface area (Å²) in [6, 6.07) is 4.28. The molecule has 0 aromatic heterocycles. The summed E-state index contributed by atoms with van der Waals surface area (Å²) in [6.45, 7) is 13.1. The minimum Gasteiger partial charge on any atom is -0.480 e. The highest BCUT2D eigenvalue weighted by molar-refractivity contribution is 5.92. The van der Waals surface area contributed by atoms with Gasteiger partial charge in [0.05, 0.1) is 23.1 Å². The van der Waals surface area contributed by atoms with Crippen LogP contribution in [0.4, 0.5) is 5.69 Å². The molecule has 0 unspecified atom stereocenters. The van der Waals surface area contributed by atoms with E-state index in [0.29, 0.717) is 12.8 Å². The molecule has 3 spiro atoms. The second kappa shape index (κ2) is 6.00. The molecule has 6 aliphatic heterocycles. The number of hydrogen-bond donors (Lipinski definition) is 2. The first-order valence-corrected chi connectivity index (χ1v) is 13.0. The number of ether oxygens (including phenoxy) is 2. The number of amides is 1. The van der Waals surface area contributed by atoms with Crippen molar-refractivity contribution < 1.29 is 19.4 Å². The fourth-order valence-corrected chi connectivity index (χ4v) is 9.15. The summed E-state index contributed by atoms with van der Waals surface area (Å²) in [5.41, 5.74) is -0.511.